The molecule has 10 bridgehead atoms. The minimum absolute atomic E-state index is 0.0203. The smallest absolute Gasteiger partial charge is 0.252 e. The van der Waals surface area contributed by atoms with Crippen LogP contribution in [0.4, 0.5) is 0 Å². The van der Waals surface area contributed by atoms with Crippen molar-refractivity contribution < 1.29 is 39.6 Å². The summed E-state index contributed by atoms with van der Waals surface area (Å²) in [5.41, 5.74) is 14.2. The second-order valence-corrected chi connectivity index (χ2v) is 21.5. The number of hydrogen-bond acceptors (Lipinski definition) is 12. The number of aliphatic hydroxyl groups is 3. The number of carbonyl (C=O) groups is 1. The Morgan fingerprint density at radius 3 is 2.83 bits per heavy atom. The van der Waals surface area contributed by atoms with E-state index in [1.165, 1.54) is 0 Å². The van der Waals surface area contributed by atoms with Gasteiger partial charge in [0, 0.05) is 71.5 Å². The molecule has 63 heavy (non-hydrogen) atoms. The number of phenolic OH excluding ortho intramolecular Hbond substituents is 1. The van der Waals surface area contributed by atoms with Gasteiger partial charge in [0.1, 0.15) is 48.1 Å². The fourth-order valence-electron chi connectivity index (χ4n) is 11.8. The van der Waals surface area contributed by atoms with Crippen molar-refractivity contribution in [3.63, 3.8) is 0 Å². The quantitative estimate of drug-likeness (QED) is 0.122. The number of nitrogens with two attached hydrogens (primary N) is 1. The maximum absolute atomic E-state index is 13.7. The van der Waals surface area contributed by atoms with Crippen LogP contribution in [0.1, 0.15) is 103 Å². The van der Waals surface area contributed by atoms with Gasteiger partial charge in [0.2, 0.25) is 0 Å². The normalized spacial score (nSPS) is 34.0. The Bertz CT molecular complexity index is 2570. The predicted molar refractivity (Wildman–Crippen MR) is 243 cm³/mol. The third-order valence-electron chi connectivity index (χ3n) is 15.2. The zero-order valence-electron chi connectivity index (χ0n) is 35.2. The Balaban J connectivity index is 1.07. The predicted octanol–water partition coefficient (Wildman–Crippen LogP) is 4.67. The summed E-state index contributed by atoms with van der Waals surface area (Å²) in [5, 5.41) is 49.7. The first-order chi connectivity index (χ1) is 30.5. The summed E-state index contributed by atoms with van der Waals surface area (Å²) in [5.74, 6) is 11.3. The standard InChI is InChI=1S/C50H52N4O7S2/c1-27-4-6-31(40(57)18-27)41(58)19-28(55)5-7-29-36-24-62-63-26-50-15-12-30-34-21-52-38-23-54(22-35(34)38)48-37(10-11-39(56)32-8-9-33(45(50)44(30)32)47(51)53-25-50)49(13-2-3-14-49)16-17-60-43(20-42(29)59)46(36)61-48/h4,6,8-9,12,15,20-22,27,30-31,37,39-41,47-48,53,56-59H,2-3,5,7,13-14,18-19,23-26,51H2,1H3/p+1. The topological polar surface area (TPSA) is 171 Å². The number of carbonyl (C=O) groups excluding carboxylic acids is 1. The van der Waals surface area contributed by atoms with Gasteiger partial charge in [-0.2, -0.15) is 0 Å². The van der Waals surface area contributed by atoms with Crippen molar-refractivity contribution in [3.8, 4) is 41.1 Å². The van der Waals surface area contributed by atoms with E-state index in [4.69, 9.17) is 20.2 Å². The molecule has 11 atom stereocenters. The number of hydrogen-bond donors (Lipinski definition) is 7. The van der Waals surface area contributed by atoms with E-state index in [-0.39, 0.29) is 48.8 Å². The van der Waals surface area contributed by atoms with E-state index in [0.29, 0.717) is 53.6 Å². The maximum Gasteiger partial charge on any atom is 0.252 e. The lowest BCUT2D eigenvalue weighted by Crippen LogP contribution is -3.13. The summed E-state index contributed by atoms with van der Waals surface area (Å²) >= 11 is 0. The molecular weight excluding hydrogens is 833 g/mol. The zero-order chi connectivity index (χ0) is 43.2. The Morgan fingerprint density at radius 1 is 1.14 bits per heavy atom. The molecule has 8 N–H and O–H groups in total. The van der Waals surface area contributed by atoms with Crippen molar-refractivity contribution in [2.24, 2.45) is 33.9 Å². The SMILES string of the molecule is CC1C=CC(C(O)CC(=O)CCc2c(O)cc3c4c2CSSCC25C=CC6C7=CN=C8C[NH+](C=C78)C(O4)C(C#CC(O)c4ccc(c2c46)C(N)NC5)C2(C#CO3)CCCC2)C(O)C1. The Kier molecular flexibility index (Phi) is 10.5. The average molecular weight is 886 g/mol. The van der Waals surface area contributed by atoms with E-state index >= 15 is 0 Å². The van der Waals surface area contributed by atoms with Crippen LogP contribution in [-0.2, 0) is 22.4 Å². The number of phenols is 1. The van der Waals surface area contributed by atoms with Crippen molar-refractivity contribution in [1.82, 2.24) is 5.32 Å². The third kappa shape index (κ3) is 6.94. The summed E-state index contributed by atoms with van der Waals surface area (Å²) < 4.78 is 13.8. The molecule has 11 aliphatic rings. The van der Waals surface area contributed by atoms with Gasteiger partial charge in [0.15, 0.2) is 11.5 Å². The second kappa shape index (κ2) is 16.0. The molecule has 11 nitrogen and oxygen atoms in total. The Hall–Kier alpha value is -4.28. The monoisotopic (exact) mass is 885 g/mol. The first kappa shape index (κ1) is 41.4. The summed E-state index contributed by atoms with van der Waals surface area (Å²) in [4.78, 5) is 19.7. The van der Waals surface area contributed by atoms with Crippen molar-refractivity contribution >= 4 is 33.1 Å². The zero-order valence-corrected chi connectivity index (χ0v) is 36.9. The van der Waals surface area contributed by atoms with Gasteiger partial charge in [-0.25, -0.2) is 0 Å². The summed E-state index contributed by atoms with van der Waals surface area (Å²) in [6.07, 6.45) is 16.1. The largest absolute Gasteiger partial charge is 0.508 e. The Labute approximate surface area is 375 Å². The summed E-state index contributed by atoms with van der Waals surface area (Å²) in [6, 6.07) is 5.64. The number of fused-ring (bicyclic) bond motifs is 1. The second-order valence-electron chi connectivity index (χ2n) is 19.0. The number of aromatic hydroxyl groups is 1. The van der Waals surface area contributed by atoms with Gasteiger partial charge in [-0.05, 0) is 59.4 Å². The van der Waals surface area contributed by atoms with Crippen LogP contribution in [0.5, 0.6) is 17.2 Å². The van der Waals surface area contributed by atoms with Crippen LogP contribution in [0.15, 0.2) is 71.0 Å². The van der Waals surface area contributed by atoms with Gasteiger partial charge in [-0.1, -0.05) is 95.6 Å². The number of ketones is 1. The van der Waals surface area contributed by atoms with Crippen molar-refractivity contribution in [3.05, 3.63) is 99.4 Å². The van der Waals surface area contributed by atoms with Gasteiger partial charge in [-0.3, -0.25) is 20.0 Å². The first-order valence-electron chi connectivity index (χ1n) is 22.5. The molecule has 13 heteroatoms. The minimum Gasteiger partial charge on any atom is -0.508 e. The molecule has 11 unspecified atom stereocenters. The fourth-order valence-corrected chi connectivity index (χ4v) is 14.5. The van der Waals surface area contributed by atoms with Crippen LogP contribution >= 0.6 is 21.6 Å². The van der Waals surface area contributed by atoms with E-state index in [0.717, 1.165) is 69.7 Å². The number of aliphatic imine (C=N–C) groups is 1. The number of Topliss-reactive ketones (excluding diaryl/α,β-unsaturated/α-hetero) is 1. The van der Waals surface area contributed by atoms with E-state index in [2.05, 4.69) is 53.6 Å². The lowest BCUT2D eigenvalue weighted by atomic mass is 9.64. The number of aliphatic hydroxyl groups excluding tert-OH is 3. The first-order valence-corrected chi connectivity index (χ1v) is 24.9. The number of rotatable bonds is 6. The number of benzene rings is 2. The molecule has 3 aliphatic carbocycles. The fraction of sp³-hybridized carbons (Fsp3) is 0.480. The van der Waals surface area contributed by atoms with Gasteiger partial charge in [0.25, 0.3) is 6.23 Å². The van der Waals surface area contributed by atoms with Crippen LogP contribution < -0.4 is 25.4 Å². The van der Waals surface area contributed by atoms with Crippen LogP contribution in [0.25, 0.3) is 0 Å². The molecule has 2 aromatic carbocycles. The van der Waals surface area contributed by atoms with Crippen molar-refractivity contribution in [1.29, 1.82) is 0 Å². The number of nitrogens with one attached hydrogen (secondary N) is 2. The average Bonchev–Trinajstić information content (AvgIpc) is 4.01. The van der Waals surface area contributed by atoms with Gasteiger partial charge >= 0.3 is 0 Å². The maximum atomic E-state index is 13.7. The molecule has 1 saturated carbocycles. The van der Waals surface area contributed by atoms with E-state index in [1.54, 1.807) is 27.7 Å². The van der Waals surface area contributed by atoms with E-state index < -0.39 is 47.2 Å². The van der Waals surface area contributed by atoms with Gasteiger partial charge in [0.05, 0.1) is 29.4 Å². The van der Waals surface area contributed by atoms with Gasteiger partial charge in [-0.15, -0.1) is 0 Å². The summed E-state index contributed by atoms with van der Waals surface area (Å²) in [7, 11) is 3.37. The number of quaternary nitrogens is 1. The van der Waals surface area contributed by atoms with E-state index in [1.807, 2.05) is 31.3 Å². The van der Waals surface area contributed by atoms with Crippen LogP contribution in [0.3, 0.4) is 0 Å². The molecule has 2 spiro atoms. The molecule has 2 aromatic rings. The lowest BCUT2D eigenvalue weighted by Gasteiger charge is -2.45. The van der Waals surface area contributed by atoms with Crippen LogP contribution in [0.2, 0.25) is 0 Å². The highest BCUT2D eigenvalue weighted by Crippen LogP contribution is 2.54. The lowest BCUT2D eigenvalue weighted by molar-refractivity contribution is -0.888. The molecule has 0 aromatic heterocycles. The van der Waals surface area contributed by atoms with Crippen LogP contribution in [0, 0.1) is 47.0 Å². The molecule has 326 valence electrons. The number of allylic oxidation sites excluding steroid dienone is 3. The molecule has 0 amide bonds. The molecule has 13 rings (SSSR count). The van der Waals surface area contributed by atoms with Crippen molar-refractivity contribution in [2.75, 3.05) is 18.8 Å². The summed E-state index contributed by atoms with van der Waals surface area (Å²) in [6.45, 7) is 3.18. The van der Waals surface area contributed by atoms with Crippen molar-refractivity contribution in [2.45, 2.75) is 106 Å². The molecule has 8 heterocycles. The highest BCUT2D eigenvalue weighted by molar-refractivity contribution is 8.76. The highest BCUT2D eigenvalue weighted by Gasteiger charge is 2.53. The number of nitrogens with zero attached hydrogens (tertiary/aromatic N) is 1. The third-order valence-corrected chi connectivity index (χ3v) is 17.6. The number of ether oxygens (including phenoxy) is 2. The van der Waals surface area contributed by atoms with Crippen LogP contribution in [-0.4, -0.2) is 69.2 Å². The highest BCUT2D eigenvalue weighted by atomic mass is 33.1. The molecule has 0 radical (unpaired) electrons. The molecule has 1 fully saturated rings. The minimum atomic E-state index is -1.10. The molecule has 0 saturated heterocycles. The Morgan fingerprint density at radius 2 is 1.98 bits per heavy atom. The molecular formula is C50H53N4O7S2+. The van der Waals surface area contributed by atoms with Gasteiger partial charge < -0.3 is 35.6 Å². The van der Waals surface area contributed by atoms with E-state index in [9.17, 15) is 25.2 Å². The molecule has 8 aliphatic heterocycles.